The topological polar surface area (TPSA) is 115 Å². The van der Waals surface area contributed by atoms with Crippen LogP contribution < -0.4 is 16.2 Å². The molecule has 4 heterocycles. The monoisotopic (exact) mass is 515 g/mol. The van der Waals surface area contributed by atoms with Gasteiger partial charge in [0, 0.05) is 35.3 Å². The molecule has 200 valence electrons. The first-order chi connectivity index (χ1) is 17.8. The van der Waals surface area contributed by atoms with E-state index in [0.29, 0.717) is 34.6 Å². The maximum atomic E-state index is 13.5. The quantitative estimate of drug-likeness (QED) is 0.413. The Bertz CT molecular complexity index is 1540. The highest BCUT2D eigenvalue weighted by atomic mass is 16.1. The molecule has 0 saturated carbocycles. The minimum atomic E-state index is -0.313. The number of hydrogen-bond acceptors (Lipinski definition) is 8. The van der Waals surface area contributed by atoms with Crippen LogP contribution in [0.5, 0.6) is 0 Å². The number of aromatic nitrogens is 7. The van der Waals surface area contributed by atoms with E-state index in [9.17, 15) is 4.79 Å². The van der Waals surface area contributed by atoms with E-state index in [0.717, 1.165) is 25.2 Å². The van der Waals surface area contributed by atoms with Gasteiger partial charge in [-0.25, -0.2) is 14.6 Å². The summed E-state index contributed by atoms with van der Waals surface area (Å²) >= 11 is 0. The smallest absolute Gasteiger partial charge is 0.278 e. The standard InChI is InChI=1S/C28H37N9O/c1-16(2)36-22(38)20-15-30-25(31-19-10-9-17-11-12-29-14-18(17)13-19)32-21(20)37(36)26-34-23(27(3,4)5)33-24(35-26)28(6,7)8/h9-10,13,15-16,29H,11-12,14H2,1-8H3,(H,30,31,32). The molecule has 38 heavy (non-hydrogen) atoms. The molecule has 3 aromatic heterocycles. The first-order valence-electron chi connectivity index (χ1n) is 13.2. The lowest BCUT2D eigenvalue weighted by Gasteiger charge is -2.23. The average molecular weight is 516 g/mol. The molecule has 10 heteroatoms. The number of nitrogens with zero attached hydrogens (tertiary/aromatic N) is 7. The van der Waals surface area contributed by atoms with Crippen molar-refractivity contribution >= 4 is 22.7 Å². The van der Waals surface area contributed by atoms with Crippen molar-refractivity contribution in [1.29, 1.82) is 0 Å². The summed E-state index contributed by atoms with van der Waals surface area (Å²) in [5.74, 6) is 2.09. The van der Waals surface area contributed by atoms with Crippen LogP contribution in [0.3, 0.4) is 0 Å². The van der Waals surface area contributed by atoms with Crippen molar-refractivity contribution in [2.45, 2.75) is 85.2 Å². The zero-order valence-electron chi connectivity index (χ0n) is 23.5. The van der Waals surface area contributed by atoms with Crippen molar-refractivity contribution in [3.8, 4) is 5.95 Å². The van der Waals surface area contributed by atoms with E-state index < -0.39 is 0 Å². The molecule has 4 aromatic rings. The lowest BCUT2D eigenvalue weighted by atomic mass is 9.93. The Morgan fingerprint density at radius 1 is 0.947 bits per heavy atom. The maximum absolute atomic E-state index is 13.5. The van der Waals surface area contributed by atoms with E-state index in [1.807, 2.05) is 19.9 Å². The lowest BCUT2D eigenvalue weighted by molar-refractivity contribution is 0.448. The third kappa shape index (κ3) is 4.80. The Labute approximate surface area is 223 Å². The van der Waals surface area contributed by atoms with Crippen LogP contribution in [0.4, 0.5) is 11.6 Å². The van der Waals surface area contributed by atoms with Crippen LogP contribution >= 0.6 is 0 Å². The molecule has 0 bridgehead atoms. The largest absolute Gasteiger partial charge is 0.324 e. The van der Waals surface area contributed by atoms with Crippen molar-refractivity contribution in [1.82, 2.24) is 39.6 Å². The summed E-state index contributed by atoms with van der Waals surface area (Å²) in [7, 11) is 0. The minimum absolute atomic E-state index is 0.158. The van der Waals surface area contributed by atoms with Crippen molar-refractivity contribution in [3.63, 3.8) is 0 Å². The van der Waals surface area contributed by atoms with Gasteiger partial charge in [0.15, 0.2) is 5.65 Å². The molecule has 0 unspecified atom stereocenters. The summed E-state index contributed by atoms with van der Waals surface area (Å²) in [6, 6.07) is 6.16. The average Bonchev–Trinajstić information content (AvgIpc) is 3.14. The predicted octanol–water partition coefficient (Wildman–Crippen LogP) is 4.33. The van der Waals surface area contributed by atoms with Gasteiger partial charge in [-0.2, -0.15) is 19.6 Å². The van der Waals surface area contributed by atoms with Gasteiger partial charge in [-0.3, -0.25) is 4.79 Å². The molecule has 1 aromatic carbocycles. The van der Waals surface area contributed by atoms with Gasteiger partial charge < -0.3 is 10.6 Å². The van der Waals surface area contributed by atoms with E-state index >= 15 is 0 Å². The molecule has 0 radical (unpaired) electrons. The third-order valence-electron chi connectivity index (χ3n) is 6.62. The summed E-state index contributed by atoms with van der Waals surface area (Å²) in [5.41, 5.74) is 3.16. The summed E-state index contributed by atoms with van der Waals surface area (Å²) < 4.78 is 3.36. The number of rotatable bonds is 4. The van der Waals surface area contributed by atoms with Crippen LogP contribution in [0.2, 0.25) is 0 Å². The van der Waals surface area contributed by atoms with Gasteiger partial charge >= 0.3 is 0 Å². The molecule has 0 aliphatic carbocycles. The van der Waals surface area contributed by atoms with Crippen LogP contribution in [0, 0.1) is 0 Å². The second-order valence-electron chi connectivity index (χ2n) is 12.3. The van der Waals surface area contributed by atoms with E-state index in [1.165, 1.54) is 11.1 Å². The van der Waals surface area contributed by atoms with Gasteiger partial charge in [-0.05, 0) is 50.1 Å². The van der Waals surface area contributed by atoms with Gasteiger partial charge in [0.25, 0.3) is 11.5 Å². The first kappa shape index (κ1) is 26.0. The molecular weight excluding hydrogens is 478 g/mol. The Balaban J connectivity index is 1.69. The van der Waals surface area contributed by atoms with Crippen molar-refractivity contribution in [3.05, 3.63) is 57.5 Å². The molecule has 0 spiro atoms. The molecular formula is C28H37N9O. The maximum Gasteiger partial charge on any atom is 0.278 e. The lowest BCUT2D eigenvalue weighted by Crippen LogP contribution is -2.29. The first-order valence-corrected chi connectivity index (χ1v) is 13.2. The number of hydrogen-bond donors (Lipinski definition) is 2. The van der Waals surface area contributed by atoms with Gasteiger partial charge in [-0.15, -0.1) is 0 Å². The Hall–Kier alpha value is -3.66. The molecule has 1 aliphatic heterocycles. The van der Waals surface area contributed by atoms with Crippen molar-refractivity contribution in [2.75, 3.05) is 11.9 Å². The molecule has 0 atom stereocenters. The van der Waals surface area contributed by atoms with Crippen LogP contribution in [-0.2, 0) is 23.8 Å². The number of fused-ring (bicyclic) bond motifs is 2. The van der Waals surface area contributed by atoms with Crippen LogP contribution in [-0.4, -0.2) is 40.8 Å². The van der Waals surface area contributed by atoms with Gasteiger partial charge in [-0.1, -0.05) is 47.6 Å². The summed E-state index contributed by atoms with van der Waals surface area (Å²) in [4.78, 5) is 37.3. The number of nitrogens with one attached hydrogen (secondary N) is 2. The number of anilines is 2. The van der Waals surface area contributed by atoms with Gasteiger partial charge in [0.2, 0.25) is 5.95 Å². The summed E-state index contributed by atoms with van der Waals surface area (Å²) in [6.45, 7) is 18.2. The molecule has 0 amide bonds. The van der Waals surface area contributed by atoms with Crippen LogP contribution in [0.1, 0.15) is 84.2 Å². The van der Waals surface area contributed by atoms with Crippen LogP contribution in [0.25, 0.3) is 17.0 Å². The normalized spacial score (nSPS) is 14.2. The minimum Gasteiger partial charge on any atom is -0.324 e. The number of benzene rings is 1. The highest BCUT2D eigenvalue weighted by Crippen LogP contribution is 2.26. The Morgan fingerprint density at radius 2 is 1.63 bits per heavy atom. The molecule has 0 saturated heterocycles. The van der Waals surface area contributed by atoms with Gasteiger partial charge in [0.05, 0.1) is 0 Å². The van der Waals surface area contributed by atoms with Gasteiger partial charge in [0.1, 0.15) is 17.0 Å². The second-order valence-corrected chi connectivity index (χ2v) is 12.3. The van der Waals surface area contributed by atoms with Crippen molar-refractivity contribution < 1.29 is 0 Å². The molecule has 1 aliphatic rings. The Morgan fingerprint density at radius 3 is 2.26 bits per heavy atom. The SMILES string of the molecule is CC(C)n1c(=O)c2cnc(Nc3ccc4c(c3)CNCC4)nc2n1-c1nc(C(C)(C)C)nc(C(C)(C)C)n1. The Kier molecular flexibility index (Phi) is 6.33. The third-order valence-corrected chi connectivity index (χ3v) is 6.62. The van der Waals surface area contributed by atoms with Crippen LogP contribution in [0.15, 0.2) is 29.2 Å². The fraction of sp³-hybridized carbons (Fsp3) is 0.500. The molecule has 0 fully saturated rings. The second kappa shape index (κ2) is 9.27. The summed E-state index contributed by atoms with van der Waals surface area (Å²) in [5, 5.41) is 7.15. The highest BCUT2D eigenvalue weighted by Gasteiger charge is 2.28. The van der Waals surface area contributed by atoms with Crippen molar-refractivity contribution in [2.24, 2.45) is 0 Å². The van der Waals surface area contributed by atoms with E-state index in [-0.39, 0.29) is 22.4 Å². The van der Waals surface area contributed by atoms with E-state index in [1.54, 1.807) is 15.6 Å². The van der Waals surface area contributed by atoms with E-state index in [4.69, 9.17) is 19.9 Å². The predicted molar refractivity (Wildman–Crippen MR) is 149 cm³/mol. The summed E-state index contributed by atoms with van der Waals surface area (Å²) in [6.07, 6.45) is 2.60. The van der Waals surface area contributed by atoms with E-state index in [2.05, 4.69) is 69.3 Å². The molecule has 10 nitrogen and oxygen atoms in total. The zero-order chi connectivity index (χ0) is 27.4. The molecule has 5 rings (SSSR count). The zero-order valence-corrected chi connectivity index (χ0v) is 23.5. The highest BCUT2D eigenvalue weighted by molar-refractivity contribution is 5.76. The fourth-order valence-electron chi connectivity index (χ4n) is 4.54. The molecule has 2 N–H and O–H groups in total. The fourth-order valence-corrected chi connectivity index (χ4v) is 4.54.